The van der Waals surface area contributed by atoms with Gasteiger partial charge in [-0.25, -0.2) is 4.39 Å². The van der Waals surface area contributed by atoms with Crippen LogP contribution in [0.15, 0.2) is 28.7 Å². The Morgan fingerprint density at radius 2 is 1.95 bits per heavy atom. The fourth-order valence-electron chi connectivity index (χ4n) is 6.92. The number of primary amides is 1. The quantitative estimate of drug-likeness (QED) is 0.361. The van der Waals surface area contributed by atoms with E-state index in [4.69, 9.17) is 5.73 Å². The smallest absolute Gasteiger partial charge is 0.255 e. The van der Waals surface area contributed by atoms with Crippen molar-refractivity contribution in [2.24, 2.45) is 17.6 Å². The summed E-state index contributed by atoms with van der Waals surface area (Å²) in [6.07, 6.45) is 1.82. The number of hydrogen-bond acceptors (Lipinski definition) is 9. The summed E-state index contributed by atoms with van der Waals surface area (Å²) in [4.78, 5) is 42.5. The number of likely N-dealkylation sites (tertiary alicyclic amines) is 1. The first-order chi connectivity index (χ1) is 17.8. The van der Waals surface area contributed by atoms with Gasteiger partial charge in [0.15, 0.2) is 11.4 Å². The number of nitrogens with two attached hydrogens (primary N) is 1. The van der Waals surface area contributed by atoms with Crippen LogP contribution in [0.25, 0.3) is 0 Å². The van der Waals surface area contributed by atoms with E-state index in [2.05, 4.69) is 11.8 Å². The Morgan fingerprint density at radius 3 is 2.53 bits per heavy atom. The van der Waals surface area contributed by atoms with Crippen LogP contribution in [-0.4, -0.2) is 86.0 Å². The van der Waals surface area contributed by atoms with Crippen LogP contribution >= 0.6 is 0 Å². The van der Waals surface area contributed by atoms with Gasteiger partial charge in [0.1, 0.15) is 28.7 Å². The summed E-state index contributed by atoms with van der Waals surface area (Å²) < 4.78 is 15.8. The number of hydrogen-bond donors (Lipinski definition) is 5. The number of halogens is 1. The van der Waals surface area contributed by atoms with E-state index in [0.717, 1.165) is 19.4 Å². The van der Waals surface area contributed by atoms with Crippen LogP contribution < -0.4 is 5.73 Å². The van der Waals surface area contributed by atoms with Crippen molar-refractivity contribution in [2.75, 3.05) is 20.6 Å². The molecule has 1 aliphatic heterocycles. The van der Waals surface area contributed by atoms with E-state index in [1.807, 2.05) is 0 Å². The molecule has 6 N–H and O–H groups in total. The molecule has 5 rings (SSSR count). The number of carbonyl (C=O) groups excluding carboxylic acids is 3. The van der Waals surface area contributed by atoms with E-state index >= 15 is 4.39 Å². The largest absolute Gasteiger partial charge is 0.510 e. The van der Waals surface area contributed by atoms with E-state index in [9.17, 15) is 34.8 Å². The minimum Gasteiger partial charge on any atom is -0.510 e. The summed E-state index contributed by atoms with van der Waals surface area (Å²) in [6, 6.07) is 0.381. The van der Waals surface area contributed by atoms with Crippen molar-refractivity contribution in [2.45, 2.75) is 56.8 Å². The molecule has 11 heteroatoms. The van der Waals surface area contributed by atoms with Crippen molar-refractivity contribution in [3.05, 3.63) is 51.2 Å². The van der Waals surface area contributed by atoms with Gasteiger partial charge in [0.25, 0.3) is 5.91 Å². The van der Waals surface area contributed by atoms with Gasteiger partial charge in [-0.2, -0.15) is 0 Å². The first kappa shape index (κ1) is 26.3. The molecule has 4 aliphatic rings. The van der Waals surface area contributed by atoms with Gasteiger partial charge in [-0.05, 0) is 65.2 Å². The van der Waals surface area contributed by atoms with Gasteiger partial charge < -0.3 is 26.2 Å². The van der Waals surface area contributed by atoms with E-state index < -0.39 is 69.6 Å². The number of phenols is 1. The maximum Gasteiger partial charge on any atom is 0.255 e. The normalized spacial score (nSPS) is 31.5. The molecule has 0 spiro atoms. The number of allylic oxidation sites excluding steroid dienone is 1. The summed E-state index contributed by atoms with van der Waals surface area (Å²) >= 11 is 0. The molecular weight excluding hydrogens is 497 g/mol. The summed E-state index contributed by atoms with van der Waals surface area (Å²) in [5.41, 5.74) is 1.40. The van der Waals surface area contributed by atoms with E-state index in [1.165, 1.54) is 11.0 Å². The molecule has 0 unspecified atom stereocenters. The van der Waals surface area contributed by atoms with Crippen molar-refractivity contribution in [3.8, 4) is 5.75 Å². The number of likely N-dealkylation sites (N-methyl/N-ethyl adjacent to an activating group) is 1. The fraction of sp³-hybridized carbons (Fsp3) is 0.519. The Hall–Kier alpha value is -3.28. The average Bonchev–Trinajstić information content (AvgIpc) is 3.23. The lowest BCUT2D eigenvalue weighted by Gasteiger charge is -2.50. The van der Waals surface area contributed by atoms with Crippen molar-refractivity contribution >= 4 is 17.5 Å². The second kappa shape index (κ2) is 8.89. The number of phenolic OH excluding ortho intramolecular Hbond substituents is 1. The number of aliphatic hydroxyl groups excluding tert-OH is 2. The number of rotatable bonds is 4. The minimum atomic E-state index is -2.72. The zero-order valence-electron chi connectivity index (χ0n) is 21.5. The third kappa shape index (κ3) is 3.52. The Balaban J connectivity index is 1.64. The highest BCUT2D eigenvalue weighted by molar-refractivity contribution is 6.24. The summed E-state index contributed by atoms with van der Waals surface area (Å²) in [6.45, 7) is 3.12. The van der Waals surface area contributed by atoms with Gasteiger partial charge in [-0.1, -0.05) is 0 Å². The molecule has 0 saturated carbocycles. The molecule has 0 bridgehead atoms. The van der Waals surface area contributed by atoms with Gasteiger partial charge in [0, 0.05) is 35.2 Å². The highest BCUT2D eigenvalue weighted by Crippen LogP contribution is 2.52. The predicted molar refractivity (Wildman–Crippen MR) is 133 cm³/mol. The molecule has 1 heterocycles. The van der Waals surface area contributed by atoms with Crippen molar-refractivity contribution in [1.29, 1.82) is 0 Å². The first-order valence-corrected chi connectivity index (χ1v) is 12.7. The molecule has 1 aromatic carbocycles. The minimum absolute atomic E-state index is 0.0185. The molecule has 38 heavy (non-hydrogen) atoms. The molecule has 1 saturated heterocycles. The number of aliphatic hydroxyl groups is 3. The number of benzene rings is 1. The molecular formula is C27H32FN3O7. The summed E-state index contributed by atoms with van der Waals surface area (Å²) in [7, 11) is 3.10. The maximum atomic E-state index is 15.8. The third-order valence-electron chi connectivity index (χ3n) is 8.79. The number of Topliss-reactive ketones (excluding diaryl/α,β-unsaturated/α-hetero) is 2. The SMILES string of the molecule is C[C@H]1CCCN1Cc1cc(O)c2c(c1F)C[C@H]1C[C@H]3[C@H](N(C)C)C(O)=C(C(N)=O)C(=O)[C@@]3(O)C(O)=C1C2=O. The van der Waals surface area contributed by atoms with Crippen LogP contribution in [0, 0.1) is 17.7 Å². The number of nitrogens with zero attached hydrogens (tertiary/aromatic N) is 2. The second-order valence-electron chi connectivity index (χ2n) is 11.1. The molecule has 1 amide bonds. The number of carbonyl (C=O) groups is 3. The summed E-state index contributed by atoms with van der Waals surface area (Å²) in [5.74, 6) is -8.12. The lowest BCUT2D eigenvalue weighted by Crippen LogP contribution is -2.63. The number of ketones is 2. The molecule has 10 nitrogen and oxygen atoms in total. The lowest BCUT2D eigenvalue weighted by atomic mass is 9.58. The Labute approximate surface area is 218 Å². The van der Waals surface area contributed by atoms with Gasteiger partial charge in [0.2, 0.25) is 5.78 Å². The van der Waals surface area contributed by atoms with E-state index in [-0.39, 0.29) is 47.7 Å². The Kier molecular flexibility index (Phi) is 6.16. The fourth-order valence-corrected chi connectivity index (χ4v) is 6.92. The van der Waals surface area contributed by atoms with Crippen LogP contribution in [0.4, 0.5) is 4.39 Å². The van der Waals surface area contributed by atoms with Crippen molar-refractivity contribution < 1.29 is 39.2 Å². The number of amides is 1. The predicted octanol–water partition coefficient (Wildman–Crippen LogP) is 1.24. The van der Waals surface area contributed by atoms with Crippen LogP contribution in [0.2, 0.25) is 0 Å². The molecule has 1 aromatic rings. The van der Waals surface area contributed by atoms with Crippen molar-refractivity contribution in [1.82, 2.24) is 9.80 Å². The topological polar surface area (TPSA) is 165 Å². The van der Waals surface area contributed by atoms with Crippen LogP contribution in [-0.2, 0) is 22.6 Å². The second-order valence-corrected chi connectivity index (χ2v) is 11.1. The zero-order valence-corrected chi connectivity index (χ0v) is 21.5. The highest BCUT2D eigenvalue weighted by atomic mass is 19.1. The molecule has 0 radical (unpaired) electrons. The number of fused-ring (bicyclic) bond motifs is 3. The van der Waals surface area contributed by atoms with Crippen molar-refractivity contribution in [3.63, 3.8) is 0 Å². The maximum absolute atomic E-state index is 15.8. The third-order valence-corrected chi connectivity index (χ3v) is 8.79. The standard InChI is InChI=1S/C27H32FN3O7/c1-11-5-4-6-31(11)10-13-9-16(32)18-14(20(13)28)7-12-8-15-21(30(2)3)23(34)19(26(29)37)25(36)27(15,38)24(35)17(12)22(18)33/h9,11-12,15,21,32,34-35,38H,4-8,10H2,1-3H3,(H2,29,37)/t11-,12-,15-,21-,27-/m0/s1. The molecule has 0 aromatic heterocycles. The van der Waals surface area contributed by atoms with E-state index in [0.29, 0.717) is 0 Å². The van der Waals surface area contributed by atoms with Gasteiger partial charge in [-0.15, -0.1) is 0 Å². The average molecular weight is 530 g/mol. The van der Waals surface area contributed by atoms with Gasteiger partial charge >= 0.3 is 0 Å². The van der Waals surface area contributed by atoms with Gasteiger partial charge in [0.05, 0.1) is 11.6 Å². The summed E-state index contributed by atoms with van der Waals surface area (Å²) in [5, 5.41) is 44.5. The van der Waals surface area contributed by atoms with Gasteiger partial charge in [-0.3, -0.25) is 24.2 Å². The Morgan fingerprint density at radius 1 is 1.26 bits per heavy atom. The molecule has 5 atom stereocenters. The molecule has 204 valence electrons. The lowest BCUT2D eigenvalue weighted by molar-refractivity contribution is -0.148. The molecule has 3 aliphatic carbocycles. The molecule has 1 fully saturated rings. The Bertz CT molecular complexity index is 1340. The first-order valence-electron chi connectivity index (χ1n) is 12.7. The highest BCUT2D eigenvalue weighted by Gasteiger charge is 2.63. The monoisotopic (exact) mass is 529 g/mol. The van der Waals surface area contributed by atoms with Crippen LogP contribution in [0.5, 0.6) is 5.75 Å². The van der Waals surface area contributed by atoms with E-state index in [1.54, 1.807) is 14.1 Å². The van der Waals surface area contributed by atoms with Crippen LogP contribution in [0.3, 0.4) is 0 Å². The van der Waals surface area contributed by atoms with Crippen LogP contribution in [0.1, 0.15) is 47.7 Å². The zero-order chi connectivity index (χ0) is 27.8. The number of aromatic hydroxyl groups is 1.